The fraction of sp³-hybridized carbons (Fsp3) is 0.429. The van der Waals surface area contributed by atoms with E-state index in [2.05, 4.69) is 88.1 Å². The first-order valence-electron chi connectivity index (χ1n) is 8.59. The molecular formula is C21H30CoSi. The Labute approximate surface area is 149 Å². The van der Waals surface area contributed by atoms with E-state index >= 15 is 0 Å². The summed E-state index contributed by atoms with van der Waals surface area (Å²) >= 11 is 1.58. The molecule has 2 heteroatoms. The summed E-state index contributed by atoms with van der Waals surface area (Å²) in [4.78, 5) is 0.663. The zero-order valence-corrected chi connectivity index (χ0v) is 17.1. The molecule has 0 saturated carbocycles. The number of hydrogen-bond acceptors (Lipinski definition) is 0. The summed E-state index contributed by atoms with van der Waals surface area (Å²) in [7, 11) is -1.18. The van der Waals surface area contributed by atoms with Crippen molar-refractivity contribution in [3.05, 3.63) is 65.7 Å². The van der Waals surface area contributed by atoms with Crippen LogP contribution in [0.3, 0.4) is 0 Å². The Balaban J connectivity index is 1.97. The molecule has 0 spiro atoms. The molecule has 2 aromatic carbocycles. The van der Waals surface area contributed by atoms with Gasteiger partial charge in [-0.05, 0) is 0 Å². The fourth-order valence-corrected chi connectivity index (χ4v) is 5.49. The number of rotatable bonds is 7. The first-order chi connectivity index (χ1) is 10.9. The van der Waals surface area contributed by atoms with Crippen LogP contribution in [0.1, 0.15) is 42.2 Å². The molecule has 2 aromatic rings. The Morgan fingerprint density at radius 2 is 1.48 bits per heavy atom. The zero-order chi connectivity index (χ0) is 16.9. The van der Waals surface area contributed by atoms with E-state index in [0.717, 1.165) is 0 Å². The van der Waals surface area contributed by atoms with Crippen LogP contribution in [0.5, 0.6) is 0 Å². The van der Waals surface area contributed by atoms with Crippen LogP contribution in [0.25, 0.3) is 0 Å². The van der Waals surface area contributed by atoms with Gasteiger partial charge >= 0.3 is 150 Å². The van der Waals surface area contributed by atoms with Crippen molar-refractivity contribution in [2.24, 2.45) is 0 Å². The van der Waals surface area contributed by atoms with Crippen molar-refractivity contribution < 1.29 is 14.7 Å². The molecule has 0 radical (unpaired) electrons. The van der Waals surface area contributed by atoms with Crippen molar-refractivity contribution in [3.8, 4) is 0 Å². The minimum atomic E-state index is -1.18. The van der Waals surface area contributed by atoms with Crippen molar-refractivity contribution in [1.82, 2.24) is 0 Å². The van der Waals surface area contributed by atoms with Crippen LogP contribution < -0.4 is 5.19 Å². The third-order valence-electron chi connectivity index (χ3n) is 4.28. The molecule has 0 saturated heterocycles. The SMILES string of the molecule is CC[CH]([Co][CH2]C(C)c1ccc([Si](C)(C)C)cc1)c1ccccc1. The molecule has 0 N–H and O–H groups in total. The quantitative estimate of drug-likeness (QED) is 0.526. The van der Waals surface area contributed by atoms with Gasteiger partial charge in [-0.1, -0.05) is 0 Å². The van der Waals surface area contributed by atoms with Gasteiger partial charge in [0.1, 0.15) is 0 Å². The van der Waals surface area contributed by atoms with E-state index in [0.29, 0.717) is 10.8 Å². The van der Waals surface area contributed by atoms with Crippen molar-refractivity contribution in [1.29, 1.82) is 0 Å². The number of benzene rings is 2. The van der Waals surface area contributed by atoms with Gasteiger partial charge < -0.3 is 0 Å². The first kappa shape index (κ1) is 18.5. The van der Waals surface area contributed by atoms with Crippen LogP contribution in [-0.2, 0) is 14.7 Å². The van der Waals surface area contributed by atoms with E-state index in [4.69, 9.17) is 0 Å². The van der Waals surface area contributed by atoms with Gasteiger partial charge in [0.15, 0.2) is 0 Å². The van der Waals surface area contributed by atoms with E-state index in [9.17, 15) is 0 Å². The summed E-state index contributed by atoms with van der Waals surface area (Å²) in [5.41, 5.74) is 2.97. The summed E-state index contributed by atoms with van der Waals surface area (Å²) in [5.74, 6) is 0.628. The molecule has 127 valence electrons. The predicted octanol–water partition coefficient (Wildman–Crippen LogP) is 5.99. The standard InChI is InChI=1S/C12H19Si.C9H11.Co/c1-10(2)11-6-8-12(9-7-11)13(3,4)5;1-2-6-9-7-4-3-5-8-9;/h6-10H,1H2,2-5H3;3-8H,2H2,1H3;. The molecule has 0 fully saturated rings. The van der Waals surface area contributed by atoms with E-state index in [-0.39, 0.29) is 0 Å². The fourth-order valence-electron chi connectivity index (χ4n) is 2.67. The van der Waals surface area contributed by atoms with Crippen LogP contribution in [0.4, 0.5) is 0 Å². The molecular weight excluding hydrogens is 339 g/mol. The van der Waals surface area contributed by atoms with Crippen molar-refractivity contribution >= 4 is 13.3 Å². The third-order valence-corrected chi connectivity index (χ3v) is 8.51. The molecule has 0 amide bonds. The van der Waals surface area contributed by atoms with Crippen LogP contribution in [-0.4, -0.2) is 8.07 Å². The second kappa shape index (κ2) is 8.32. The topological polar surface area (TPSA) is 0 Å². The van der Waals surface area contributed by atoms with Crippen molar-refractivity contribution in [2.75, 3.05) is 0 Å². The molecule has 0 nitrogen and oxygen atoms in total. The summed E-state index contributed by atoms with van der Waals surface area (Å²) < 4.78 is 0. The van der Waals surface area contributed by atoms with Crippen molar-refractivity contribution in [2.45, 2.75) is 56.0 Å². The minimum absolute atomic E-state index is 0.628. The molecule has 2 atom stereocenters. The van der Waals surface area contributed by atoms with E-state index in [1.165, 1.54) is 22.9 Å². The van der Waals surface area contributed by atoms with Gasteiger partial charge in [-0.15, -0.1) is 0 Å². The maximum absolute atomic E-state index is 2.41. The van der Waals surface area contributed by atoms with Crippen molar-refractivity contribution in [3.63, 3.8) is 0 Å². The molecule has 0 aromatic heterocycles. The van der Waals surface area contributed by atoms with Gasteiger partial charge in [-0.25, -0.2) is 0 Å². The molecule has 2 unspecified atom stereocenters. The zero-order valence-electron chi connectivity index (χ0n) is 15.1. The van der Waals surface area contributed by atoms with Gasteiger partial charge in [-0.2, -0.15) is 0 Å². The molecule has 2 rings (SSSR count). The summed E-state index contributed by atoms with van der Waals surface area (Å²) in [5, 5.41) is 2.79. The van der Waals surface area contributed by atoms with Gasteiger partial charge in [0.25, 0.3) is 0 Å². The Morgan fingerprint density at radius 3 is 2.00 bits per heavy atom. The Kier molecular flexibility index (Phi) is 6.69. The predicted molar refractivity (Wildman–Crippen MR) is 102 cm³/mol. The molecule has 0 aliphatic rings. The van der Waals surface area contributed by atoms with Crippen LogP contribution in [0.15, 0.2) is 54.6 Å². The van der Waals surface area contributed by atoms with Crippen LogP contribution in [0, 0.1) is 0 Å². The average molecular weight is 369 g/mol. The second-order valence-corrected chi connectivity index (χ2v) is 14.0. The molecule has 23 heavy (non-hydrogen) atoms. The summed E-state index contributed by atoms with van der Waals surface area (Å²) in [6, 6.07) is 20.4. The van der Waals surface area contributed by atoms with Gasteiger partial charge in [0.05, 0.1) is 0 Å². The average Bonchev–Trinajstić information content (AvgIpc) is 2.55. The summed E-state index contributed by atoms with van der Waals surface area (Å²) in [6.45, 7) is 11.9. The molecule has 0 aliphatic carbocycles. The molecule has 0 bridgehead atoms. The van der Waals surface area contributed by atoms with E-state index in [1.54, 1.807) is 19.9 Å². The Morgan fingerprint density at radius 1 is 0.870 bits per heavy atom. The van der Waals surface area contributed by atoms with E-state index < -0.39 is 8.07 Å². The maximum atomic E-state index is 2.41. The van der Waals surface area contributed by atoms with Crippen LogP contribution >= 0.6 is 0 Å². The third kappa shape index (κ3) is 5.34. The number of hydrogen-bond donors (Lipinski definition) is 0. The first-order valence-corrected chi connectivity index (χ1v) is 13.4. The van der Waals surface area contributed by atoms with Crippen LogP contribution in [0.2, 0.25) is 25.0 Å². The monoisotopic (exact) mass is 369 g/mol. The van der Waals surface area contributed by atoms with Gasteiger partial charge in [0.2, 0.25) is 0 Å². The van der Waals surface area contributed by atoms with Gasteiger partial charge in [0, 0.05) is 0 Å². The Hall–Kier alpha value is -0.837. The summed E-state index contributed by atoms with van der Waals surface area (Å²) in [6.07, 6.45) is 1.21. The molecule has 0 aliphatic heterocycles. The molecule has 0 heterocycles. The van der Waals surface area contributed by atoms with E-state index in [1.807, 2.05) is 0 Å². The second-order valence-electron chi connectivity index (χ2n) is 7.30. The van der Waals surface area contributed by atoms with Gasteiger partial charge in [-0.3, -0.25) is 0 Å². The normalized spacial score (nSPS) is 14.7. The Bertz CT molecular complexity index is 583.